The van der Waals surface area contributed by atoms with E-state index in [-0.39, 0.29) is 23.9 Å². The van der Waals surface area contributed by atoms with Crippen molar-refractivity contribution in [3.05, 3.63) is 35.1 Å². The average Bonchev–Trinajstić information content (AvgIpc) is 2.45. The number of benzene rings is 1. The molecule has 0 spiro atoms. The first-order chi connectivity index (χ1) is 10.4. The normalized spacial score (nSPS) is 11.3. The lowest BCUT2D eigenvalue weighted by Crippen LogP contribution is -2.40. The molecule has 0 aliphatic rings. The van der Waals surface area contributed by atoms with Crippen LogP contribution >= 0.6 is 11.8 Å². The van der Waals surface area contributed by atoms with Gasteiger partial charge in [-0.2, -0.15) is 11.8 Å². The fourth-order valence-electron chi connectivity index (χ4n) is 2.01. The SMILES string of the molecule is CSCc1cc(F)ccc1CNC(=O)NCC(C)(C)CCO. The van der Waals surface area contributed by atoms with Crippen LogP contribution in [0.4, 0.5) is 9.18 Å². The number of carbonyl (C=O) groups excluding carboxylic acids is 1. The molecule has 0 atom stereocenters. The van der Waals surface area contributed by atoms with Crippen LogP contribution in [0.1, 0.15) is 31.4 Å². The first-order valence-corrected chi connectivity index (χ1v) is 8.66. The molecule has 0 aliphatic heterocycles. The van der Waals surface area contributed by atoms with Crippen LogP contribution in [-0.4, -0.2) is 30.5 Å². The first-order valence-electron chi connectivity index (χ1n) is 7.27. The van der Waals surface area contributed by atoms with Gasteiger partial charge in [-0.15, -0.1) is 0 Å². The zero-order valence-electron chi connectivity index (χ0n) is 13.4. The van der Waals surface area contributed by atoms with Gasteiger partial charge >= 0.3 is 6.03 Å². The third-order valence-corrected chi connectivity index (χ3v) is 4.02. The van der Waals surface area contributed by atoms with Gasteiger partial charge in [0.2, 0.25) is 0 Å². The number of urea groups is 1. The van der Waals surface area contributed by atoms with Crippen LogP contribution in [0.2, 0.25) is 0 Å². The molecule has 0 saturated heterocycles. The monoisotopic (exact) mass is 328 g/mol. The molecular formula is C16H25FN2O2S. The van der Waals surface area contributed by atoms with Gasteiger partial charge in [0.15, 0.2) is 0 Å². The average molecular weight is 328 g/mol. The van der Waals surface area contributed by atoms with E-state index in [1.807, 2.05) is 20.1 Å². The summed E-state index contributed by atoms with van der Waals surface area (Å²) in [6.07, 6.45) is 2.58. The minimum atomic E-state index is -0.261. The standard InChI is InChI=1S/C16H25FN2O2S/c1-16(2,6-7-20)11-19-15(21)18-9-12-4-5-14(17)8-13(12)10-22-3/h4-5,8,20H,6-7,9-11H2,1-3H3,(H2,18,19,21). The highest BCUT2D eigenvalue weighted by Crippen LogP contribution is 2.18. The summed E-state index contributed by atoms with van der Waals surface area (Å²) in [4.78, 5) is 11.8. The maximum Gasteiger partial charge on any atom is 0.315 e. The quantitative estimate of drug-likeness (QED) is 0.688. The summed E-state index contributed by atoms with van der Waals surface area (Å²) in [5.41, 5.74) is 1.67. The van der Waals surface area contributed by atoms with Crippen molar-refractivity contribution in [2.24, 2.45) is 5.41 Å². The van der Waals surface area contributed by atoms with Crippen molar-refractivity contribution in [3.8, 4) is 0 Å². The van der Waals surface area contributed by atoms with Crippen molar-refractivity contribution in [3.63, 3.8) is 0 Å². The third-order valence-electron chi connectivity index (χ3n) is 3.42. The second-order valence-corrected chi connectivity index (χ2v) is 6.89. The summed E-state index contributed by atoms with van der Waals surface area (Å²) < 4.78 is 13.3. The number of carbonyl (C=O) groups is 1. The zero-order chi connectivity index (χ0) is 16.6. The summed E-state index contributed by atoms with van der Waals surface area (Å²) in [7, 11) is 0. The van der Waals surface area contributed by atoms with E-state index in [9.17, 15) is 9.18 Å². The van der Waals surface area contributed by atoms with Gasteiger partial charge in [0.25, 0.3) is 0 Å². The highest BCUT2D eigenvalue weighted by Gasteiger charge is 2.18. The van der Waals surface area contributed by atoms with Gasteiger partial charge in [0, 0.05) is 25.4 Å². The number of hydrogen-bond acceptors (Lipinski definition) is 3. The number of aliphatic hydroxyl groups is 1. The van der Waals surface area contributed by atoms with Crippen LogP contribution in [0.25, 0.3) is 0 Å². The van der Waals surface area contributed by atoms with Crippen molar-refractivity contribution in [2.45, 2.75) is 32.6 Å². The second kappa shape index (κ2) is 9.00. The molecule has 0 saturated carbocycles. The van der Waals surface area contributed by atoms with E-state index < -0.39 is 0 Å². The molecule has 0 aliphatic carbocycles. The number of thioether (sulfide) groups is 1. The smallest absolute Gasteiger partial charge is 0.315 e. The molecule has 0 fully saturated rings. The predicted molar refractivity (Wildman–Crippen MR) is 89.3 cm³/mol. The van der Waals surface area contributed by atoms with Gasteiger partial charge in [-0.1, -0.05) is 19.9 Å². The van der Waals surface area contributed by atoms with Crippen LogP contribution < -0.4 is 10.6 Å². The number of amides is 2. The molecule has 22 heavy (non-hydrogen) atoms. The Morgan fingerprint density at radius 1 is 1.32 bits per heavy atom. The molecular weight excluding hydrogens is 303 g/mol. The fraction of sp³-hybridized carbons (Fsp3) is 0.562. The van der Waals surface area contributed by atoms with E-state index in [0.29, 0.717) is 25.3 Å². The van der Waals surface area contributed by atoms with Crippen molar-refractivity contribution >= 4 is 17.8 Å². The van der Waals surface area contributed by atoms with E-state index in [0.717, 1.165) is 11.1 Å². The minimum absolute atomic E-state index is 0.101. The number of hydrogen-bond donors (Lipinski definition) is 3. The summed E-state index contributed by atoms with van der Waals surface area (Å²) in [6.45, 7) is 4.92. The van der Waals surface area contributed by atoms with Crippen molar-refractivity contribution in [2.75, 3.05) is 19.4 Å². The van der Waals surface area contributed by atoms with Crippen LogP contribution in [0.5, 0.6) is 0 Å². The van der Waals surface area contributed by atoms with Crippen LogP contribution in [0.3, 0.4) is 0 Å². The topological polar surface area (TPSA) is 61.4 Å². The van der Waals surface area contributed by atoms with Gasteiger partial charge in [-0.05, 0) is 41.4 Å². The van der Waals surface area contributed by atoms with Crippen molar-refractivity contribution < 1.29 is 14.3 Å². The summed E-state index contributed by atoms with van der Waals surface area (Å²) >= 11 is 1.61. The predicted octanol–water partition coefficient (Wildman–Crippen LogP) is 2.90. The number of aliphatic hydroxyl groups excluding tert-OH is 1. The molecule has 124 valence electrons. The Balaban J connectivity index is 2.50. The molecule has 4 nitrogen and oxygen atoms in total. The molecule has 1 aromatic rings. The van der Waals surface area contributed by atoms with Crippen molar-refractivity contribution in [1.82, 2.24) is 10.6 Å². The Labute approximate surface area is 135 Å². The second-order valence-electron chi connectivity index (χ2n) is 6.02. The molecule has 1 rings (SSSR count). The third kappa shape index (κ3) is 6.66. The number of rotatable bonds is 8. The number of nitrogens with one attached hydrogen (secondary N) is 2. The van der Waals surface area contributed by atoms with Gasteiger partial charge in [-0.3, -0.25) is 0 Å². The summed E-state index contributed by atoms with van der Waals surface area (Å²) in [5, 5.41) is 14.5. The Morgan fingerprint density at radius 3 is 2.68 bits per heavy atom. The highest BCUT2D eigenvalue weighted by molar-refractivity contribution is 7.97. The summed E-state index contributed by atoms with van der Waals surface area (Å²) in [6, 6.07) is 4.36. The largest absolute Gasteiger partial charge is 0.396 e. The maximum absolute atomic E-state index is 13.3. The van der Waals surface area contributed by atoms with Gasteiger partial charge < -0.3 is 15.7 Å². The van der Waals surface area contributed by atoms with E-state index in [1.54, 1.807) is 17.8 Å². The molecule has 6 heteroatoms. The lowest BCUT2D eigenvalue weighted by molar-refractivity contribution is 0.201. The molecule has 1 aromatic carbocycles. The molecule has 0 unspecified atom stereocenters. The number of halogens is 1. The fourth-order valence-corrected chi connectivity index (χ4v) is 2.59. The Hall–Kier alpha value is -1.27. The Morgan fingerprint density at radius 2 is 2.05 bits per heavy atom. The maximum atomic E-state index is 13.3. The Kier molecular flexibility index (Phi) is 7.68. The van der Waals surface area contributed by atoms with Gasteiger partial charge in [0.05, 0.1) is 0 Å². The van der Waals surface area contributed by atoms with Crippen LogP contribution in [-0.2, 0) is 12.3 Å². The minimum Gasteiger partial charge on any atom is -0.396 e. The molecule has 0 aromatic heterocycles. The zero-order valence-corrected chi connectivity index (χ0v) is 14.2. The van der Waals surface area contributed by atoms with Gasteiger partial charge in [0.1, 0.15) is 5.82 Å². The van der Waals surface area contributed by atoms with E-state index in [2.05, 4.69) is 10.6 Å². The van der Waals surface area contributed by atoms with E-state index >= 15 is 0 Å². The van der Waals surface area contributed by atoms with Crippen molar-refractivity contribution in [1.29, 1.82) is 0 Å². The van der Waals surface area contributed by atoms with Gasteiger partial charge in [-0.25, -0.2) is 9.18 Å². The molecule has 0 heterocycles. The Bertz CT molecular complexity index is 495. The molecule has 0 radical (unpaired) electrons. The highest BCUT2D eigenvalue weighted by atomic mass is 32.2. The lowest BCUT2D eigenvalue weighted by atomic mass is 9.90. The lowest BCUT2D eigenvalue weighted by Gasteiger charge is -2.24. The van der Waals surface area contributed by atoms with E-state index in [4.69, 9.17) is 5.11 Å². The molecule has 2 amide bonds. The first kappa shape index (κ1) is 18.8. The van der Waals surface area contributed by atoms with Crippen LogP contribution in [0, 0.1) is 11.2 Å². The van der Waals surface area contributed by atoms with Crippen LogP contribution in [0.15, 0.2) is 18.2 Å². The van der Waals surface area contributed by atoms with E-state index in [1.165, 1.54) is 12.1 Å². The molecule has 3 N–H and O–H groups in total. The summed E-state index contributed by atoms with van der Waals surface area (Å²) in [5.74, 6) is 0.447. The molecule has 0 bridgehead atoms.